The van der Waals surface area contributed by atoms with E-state index in [1.54, 1.807) is 6.20 Å². The molecule has 1 aromatic heterocycles. The Morgan fingerprint density at radius 1 is 1.27 bits per heavy atom. The number of anilines is 1. The van der Waals surface area contributed by atoms with Crippen molar-refractivity contribution in [3.63, 3.8) is 0 Å². The number of nitrogens with zero attached hydrogens (tertiary/aromatic N) is 3. The second kappa shape index (κ2) is 6.63. The summed E-state index contributed by atoms with van der Waals surface area (Å²) in [5, 5.41) is 3.33. The number of carbonyl (C=O) groups excluding carboxylic acids is 1. The lowest BCUT2D eigenvalue weighted by molar-refractivity contribution is -0.131. The number of rotatable bonds is 4. The van der Waals surface area contributed by atoms with E-state index in [0.29, 0.717) is 0 Å². The van der Waals surface area contributed by atoms with E-state index in [1.807, 2.05) is 11.0 Å². The molecule has 0 saturated carbocycles. The average Bonchev–Trinajstić information content (AvgIpc) is 2.97. The van der Waals surface area contributed by atoms with Gasteiger partial charge in [0.15, 0.2) is 0 Å². The minimum Gasteiger partial charge on any atom is -0.358 e. The van der Waals surface area contributed by atoms with Gasteiger partial charge in [-0.05, 0) is 24.8 Å². The fourth-order valence-electron chi connectivity index (χ4n) is 2.61. The largest absolute Gasteiger partial charge is 0.358 e. The second-order valence-electron chi connectivity index (χ2n) is 7.41. The Balaban J connectivity index is 2.16. The van der Waals surface area contributed by atoms with Gasteiger partial charge in [0, 0.05) is 24.7 Å². The molecule has 1 atom stereocenters. The van der Waals surface area contributed by atoms with Gasteiger partial charge >= 0.3 is 0 Å². The lowest BCUT2D eigenvalue weighted by atomic mass is 9.96. The second-order valence-corrected chi connectivity index (χ2v) is 7.41. The fourth-order valence-corrected chi connectivity index (χ4v) is 2.61. The topological polar surface area (TPSA) is 58.1 Å². The molecule has 1 fully saturated rings. The van der Waals surface area contributed by atoms with Crippen LogP contribution in [0.2, 0.25) is 0 Å². The van der Waals surface area contributed by atoms with Crippen LogP contribution < -0.4 is 5.32 Å². The summed E-state index contributed by atoms with van der Waals surface area (Å²) < 4.78 is 0. The van der Waals surface area contributed by atoms with Crippen molar-refractivity contribution in [1.29, 1.82) is 0 Å². The summed E-state index contributed by atoms with van der Waals surface area (Å²) in [4.78, 5) is 23.6. The number of nitrogens with one attached hydrogen (secondary N) is 1. The molecule has 1 aromatic rings. The Morgan fingerprint density at radius 2 is 1.91 bits per heavy atom. The summed E-state index contributed by atoms with van der Waals surface area (Å²) in [7, 11) is 0. The minimum absolute atomic E-state index is 0.107. The van der Waals surface area contributed by atoms with Crippen molar-refractivity contribution in [2.75, 3.05) is 18.4 Å². The number of hydrogen-bond acceptors (Lipinski definition) is 4. The first-order chi connectivity index (χ1) is 10.3. The molecule has 0 spiro atoms. The maximum Gasteiger partial charge on any atom is 0.245 e. The molecule has 2 rings (SSSR count). The summed E-state index contributed by atoms with van der Waals surface area (Å²) >= 11 is 0. The molecule has 0 radical (unpaired) electrons. The SMILES string of the molecule is CC(C)[C@H](Nc1ccnc(C(C)(C)C)n1)C(=O)N1CCCC1. The van der Waals surface area contributed by atoms with Crippen LogP contribution >= 0.6 is 0 Å². The normalized spacial score (nSPS) is 16.9. The van der Waals surface area contributed by atoms with Gasteiger partial charge in [-0.2, -0.15) is 0 Å². The number of likely N-dealkylation sites (tertiary alicyclic amines) is 1. The van der Waals surface area contributed by atoms with Crippen molar-refractivity contribution in [2.45, 2.75) is 58.9 Å². The predicted octanol–water partition coefficient (Wildman–Crippen LogP) is 2.83. The zero-order valence-electron chi connectivity index (χ0n) is 14.4. The van der Waals surface area contributed by atoms with Gasteiger partial charge in [0.2, 0.25) is 5.91 Å². The molecular weight excluding hydrogens is 276 g/mol. The van der Waals surface area contributed by atoms with Crippen molar-refractivity contribution in [2.24, 2.45) is 5.92 Å². The Hall–Kier alpha value is -1.65. The Morgan fingerprint density at radius 3 is 2.45 bits per heavy atom. The predicted molar refractivity (Wildman–Crippen MR) is 88.8 cm³/mol. The Bertz CT molecular complexity index is 516. The van der Waals surface area contributed by atoms with Gasteiger partial charge in [-0.15, -0.1) is 0 Å². The number of carbonyl (C=O) groups is 1. The highest BCUT2D eigenvalue weighted by Crippen LogP contribution is 2.21. The Labute approximate surface area is 133 Å². The van der Waals surface area contributed by atoms with E-state index in [1.165, 1.54) is 0 Å². The van der Waals surface area contributed by atoms with Gasteiger partial charge in [-0.1, -0.05) is 34.6 Å². The molecule has 22 heavy (non-hydrogen) atoms. The van der Waals surface area contributed by atoms with E-state index < -0.39 is 0 Å². The van der Waals surface area contributed by atoms with Crippen LogP contribution in [0.15, 0.2) is 12.3 Å². The van der Waals surface area contributed by atoms with E-state index in [2.05, 4.69) is 49.9 Å². The smallest absolute Gasteiger partial charge is 0.245 e. The van der Waals surface area contributed by atoms with Gasteiger partial charge in [-0.3, -0.25) is 4.79 Å². The van der Waals surface area contributed by atoms with E-state index in [-0.39, 0.29) is 23.3 Å². The van der Waals surface area contributed by atoms with Gasteiger partial charge in [0.25, 0.3) is 0 Å². The lowest BCUT2D eigenvalue weighted by Crippen LogP contribution is -2.44. The molecule has 1 saturated heterocycles. The van der Waals surface area contributed by atoms with Crippen LogP contribution in [-0.2, 0) is 10.2 Å². The van der Waals surface area contributed by atoms with Crippen molar-refractivity contribution in [3.05, 3.63) is 18.1 Å². The van der Waals surface area contributed by atoms with Gasteiger partial charge in [0.05, 0.1) is 0 Å². The molecule has 2 heterocycles. The molecule has 5 nitrogen and oxygen atoms in total. The van der Waals surface area contributed by atoms with Crippen molar-refractivity contribution in [3.8, 4) is 0 Å². The molecule has 1 aliphatic heterocycles. The molecule has 1 N–H and O–H groups in total. The highest BCUT2D eigenvalue weighted by molar-refractivity contribution is 5.85. The first kappa shape index (κ1) is 16.7. The molecule has 122 valence electrons. The van der Waals surface area contributed by atoms with Gasteiger partial charge < -0.3 is 10.2 Å². The monoisotopic (exact) mass is 304 g/mol. The first-order valence-electron chi connectivity index (χ1n) is 8.18. The molecule has 0 unspecified atom stereocenters. The van der Waals surface area contributed by atoms with Crippen molar-refractivity contribution < 1.29 is 4.79 Å². The fraction of sp³-hybridized carbons (Fsp3) is 0.706. The number of hydrogen-bond donors (Lipinski definition) is 1. The molecule has 0 aliphatic carbocycles. The van der Waals surface area contributed by atoms with Crippen LogP contribution in [0, 0.1) is 5.92 Å². The van der Waals surface area contributed by atoms with Crippen LogP contribution in [0.1, 0.15) is 53.3 Å². The molecule has 1 aliphatic rings. The molecule has 0 aromatic carbocycles. The first-order valence-corrected chi connectivity index (χ1v) is 8.18. The summed E-state index contributed by atoms with van der Waals surface area (Å²) in [6.07, 6.45) is 3.98. The van der Waals surface area contributed by atoms with E-state index in [4.69, 9.17) is 0 Å². The molecule has 5 heteroatoms. The summed E-state index contributed by atoms with van der Waals surface area (Å²) in [5.41, 5.74) is -0.107. The Kier molecular flexibility index (Phi) is 5.04. The summed E-state index contributed by atoms with van der Waals surface area (Å²) in [6.45, 7) is 12.1. The zero-order valence-corrected chi connectivity index (χ0v) is 14.4. The van der Waals surface area contributed by atoms with Gasteiger partial charge in [0.1, 0.15) is 17.7 Å². The zero-order chi connectivity index (χ0) is 16.3. The van der Waals surface area contributed by atoms with Crippen LogP contribution in [-0.4, -0.2) is 39.9 Å². The average molecular weight is 304 g/mol. The van der Waals surface area contributed by atoms with E-state index >= 15 is 0 Å². The third-order valence-corrected chi connectivity index (χ3v) is 3.98. The van der Waals surface area contributed by atoms with Crippen LogP contribution in [0.5, 0.6) is 0 Å². The van der Waals surface area contributed by atoms with Crippen molar-refractivity contribution in [1.82, 2.24) is 14.9 Å². The lowest BCUT2D eigenvalue weighted by Gasteiger charge is -2.27. The third-order valence-electron chi connectivity index (χ3n) is 3.98. The summed E-state index contributed by atoms with van der Waals surface area (Å²) in [5.74, 6) is 1.91. The minimum atomic E-state index is -0.235. The van der Waals surface area contributed by atoms with Gasteiger partial charge in [-0.25, -0.2) is 9.97 Å². The summed E-state index contributed by atoms with van der Waals surface area (Å²) in [6, 6.07) is 1.60. The molecule has 1 amide bonds. The maximum atomic E-state index is 12.7. The van der Waals surface area contributed by atoms with Crippen LogP contribution in [0.3, 0.4) is 0 Å². The standard InChI is InChI=1S/C17H28N4O/c1-12(2)14(15(22)21-10-6-7-11-21)19-13-8-9-18-16(20-13)17(3,4)5/h8-9,12,14H,6-7,10-11H2,1-5H3,(H,18,19,20)/t14-/m0/s1. The number of aromatic nitrogens is 2. The van der Waals surface area contributed by atoms with E-state index in [0.717, 1.165) is 37.6 Å². The highest BCUT2D eigenvalue weighted by atomic mass is 16.2. The van der Waals surface area contributed by atoms with Crippen LogP contribution in [0.25, 0.3) is 0 Å². The number of amides is 1. The highest BCUT2D eigenvalue weighted by Gasteiger charge is 2.29. The van der Waals surface area contributed by atoms with Crippen LogP contribution in [0.4, 0.5) is 5.82 Å². The van der Waals surface area contributed by atoms with Crippen molar-refractivity contribution >= 4 is 11.7 Å². The molecule has 0 bridgehead atoms. The third kappa shape index (κ3) is 3.96. The maximum absolute atomic E-state index is 12.7. The van der Waals surface area contributed by atoms with E-state index in [9.17, 15) is 4.79 Å². The molecular formula is C17H28N4O. The quantitative estimate of drug-likeness (QED) is 0.929.